The molecule has 0 radical (unpaired) electrons. The Kier molecular flexibility index (Phi) is 4.03. The van der Waals surface area contributed by atoms with Crippen LogP contribution >= 0.6 is 0 Å². The van der Waals surface area contributed by atoms with Gasteiger partial charge in [0.15, 0.2) is 0 Å². The van der Waals surface area contributed by atoms with Crippen LogP contribution in [0.25, 0.3) is 0 Å². The number of nitrogens with one attached hydrogen (secondary N) is 1. The summed E-state index contributed by atoms with van der Waals surface area (Å²) in [6.07, 6.45) is 0. The van der Waals surface area contributed by atoms with Gasteiger partial charge in [0, 0.05) is 6.04 Å². The van der Waals surface area contributed by atoms with Crippen LogP contribution in [0.5, 0.6) is 0 Å². The van der Waals surface area contributed by atoms with Gasteiger partial charge in [0.05, 0.1) is 17.2 Å². The number of rotatable bonds is 3. The first kappa shape index (κ1) is 12.2. The number of hydrogen-bond acceptors (Lipinski definition) is 3. The van der Waals surface area contributed by atoms with Gasteiger partial charge < -0.3 is 11.1 Å². The molecule has 16 heavy (non-hydrogen) atoms. The van der Waals surface area contributed by atoms with E-state index in [0.717, 1.165) is 0 Å². The molecule has 1 rings (SSSR count). The molecular formula is C12H15N3O. The van der Waals surface area contributed by atoms with Gasteiger partial charge in [-0.15, -0.1) is 0 Å². The molecular weight excluding hydrogens is 202 g/mol. The number of amides is 1. The highest BCUT2D eigenvalue weighted by Gasteiger charge is 2.17. The lowest BCUT2D eigenvalue weighted by atomic mass is 10.0. The number of hydrogen-bond donors (Lipinski definition) is 2. The van der Waals surface area contributed by atoms with E-state index in [-0.39, 0.29) is 17.9 Å². The van der Waals surface area contributed by atoms with Crippen molar-refractivity contribution in [2.24, 2.45) is 11.7 Å². The molecule has 0 saturated carbocycles. The molecule has 1 amide bonds. The Balaban J connectivity index is 2.82. The van der Waals surface area contributed by atoms with Gasteiger partial charge in [-0.05, 0) is 19.1 Å². The first-order chi connectivity index (χ1) is 7.56. The van der Waals surface area contributed by atoms with E-state index in [2.05, 4.69) is 5.32 Å². The standard InChI is InChI=1S/C12H15N3O/c1-8(9(2)14)12(16)15-11-6-4-3-5-10(11)7-13/h3-6,8-9H,14H2,1-2H3,(H,15,16). The zero-order valence-electron chi connectivity index (χ0n) is 9.40. The Hall–Kier alpha value is -1.86. The van der Waals surface area contributed by atoms with Gasteiger partial charge in [0.25, 0.3) is 0 Å². The summed E-state index contributed by atoms with van der Waals surface area (Å²) in [5.41, 5.74) is 6.62. The van der Waals surface area contributed by atoms with Crippen molar-refractivity contribution in [2.45, 2.75) is 19.9 Å². The molecule has 0 spiro atoms. The number of benzene rings is 1. The van der Waals surface area contributed by atoms with Gasteiger partial charge in [0.2, 0.25) is 5.91 Å². The van der Waals surface area contributed by atoms with Crippen LogP contribution in [0.2, 0.25) is 0 Å². The van der Waals surface area contributed by atoms with Gasteiger partial charge in [-0.2, -0.15) is 5.26 Å². The van der Waals surface area contributed by atoms with Crippen LogP contribution in [0.4, 0.5) is 5.69 Å². The molecule has 4 nitrogen and oxygen atoms in total. The molecule has 0 bridgehead atoms. The van der Waals surface area contributed by atoms with E-state index >= 15 is 0 Å². The van der Waals surface area contributed by atoms with E-state index in [1.54, 1.807) is 38.1 Å². The van der Waals surface area contributed by atoms with Crippen LogP contribution in [0.15, 0.2) is 24.3 Å². The molecule has 84 valence electrons. The summed E-state index contributed by atoms with van der Waals surface area (Å²) >= 11 is 0. The Morgan fingerprint density at radius 3 is 2.62 bits per heavy atom. The van der Waals surface area contributed by atoms with Crippen molar-refractivity contribution in [3.8, 4) is 6.07 Å². The van der Waals surface area contributed by atoms with Crippen LogP contribution in [-0.4, -0.2) is 11.9 Å². The van der Waals surface area contributed by atoms with E-state index in [9.17, 15) is 4.79 Å². The molecule has 0 aliphatic heterocycles. The number of anilines is 1. The minimum Gasteiger partial charge on any atom is -0.327 e. The molecule has 4 heteroatoms. The molecule has 2 atom stereocenters. The summed E-state index contributed by atoms with van der Waals surface area (Å²) in [4.78, 5) is 11.7. The van der Waals surface area contributed by atoms with Crippen LogP contribution in [0.3, 0.4) is 0 Å². The zero-order valence-corrected chi connectivity index (χ0v) is 9.40. The summed E-state index contributed by atoms with van der Waals surface area (Å²) < 4.78 is 0. The van der Waals surface area contributed by atoms with E-state index in [1.807, 2.05) is 6.07 Å². The van der Waals surface area contributed by atoms with Gasteiger partial charge >= 0.3 is 0 Å². The van der Waals surface area contributed by atoms with E-state index in [1.165, 1.54) is 0 Å². The maximum atomic E-state index is 11.7. The lowest BCUT2D eigenvalue weighted by molar-refractivity contribution is -0.119. The first-order valence-electron chi connectivity index (χ1n) is 5.12. The molecule has 1 aromatic rings. The van der Waals surface area contributed by atoms with Crippen LogP contribution in [-0.2, 0) is 4.79 Å². The third-order valence-electron chi connectivity index (χ3n) is 2.51. The Morgan fingerprint density at radius 2 is 2.06 bits per heavy atom. The quantitative estimate of drug-likeness (QED) is 0.804. The fourth-order valence-electron chi connectivity index (χ4n) is 1.17. The summed E-state index contributed by atoms with van der Waals surface area (Å²) in [6, 6.07) is 8.69. The van der Waals surface area contributed by atoms with Crippen molar-refractivity contribution < 1.29 is 4.79 Å². The highest BCUT2D eigenvalue weighted by atomic mass is 16.1. The van der Waals surface area contributed by atoms with Gasteiger partial charge in [0.1, 0.15) is 6.07 Å². The van der Waals surface area contributed by atoms with E-state index in [0.29, 0.717) is 11.3 Å². The van der Waals surface area contributed by atoms with Crippen LogP contribution < -0.4 is 11.1 Å². The highest BCUT2D eigenvalue weighted by Crippen LogP contribution is 2.15. The summed E-state index contributed by atoms with van der Waals surface area (Å²) in [5.74, 6) is -0.454. The minimum atomic E-state index is -0.285. The predicted octanol–water partition coefficient (Wildman–Crippen LogP) is 1.48. The largest absolute Gasteiger partial charge is 0.327 e. The molecule has 2 unspecified atom stereocenters. The van der Waals surface area contributed by atoms with Crippen molar-refractivity contribution in [3.63, 3.8) is 0 Å². The predicted molar refractivity (Wildman–Crippen MR) is 62.6 cm³/mol. The third kappa shape index (κ3) is 2.81. The SMILES string of the molecule is CC(N)C(C)C(=O)Nc1ccccc1C#N. The fraction of sp³-hybridized carbons (Fsp3) is 0.333. The molecule has 0 aromatic heterocycles. The topological polar surface area (TPSA) is 78.9 Å². The zero-order chi connectivity index (χ0) is 12.1. The second-order valence-corrected chi connectivity index (χ2v) is 3.79. The van der Waals surface area contributed by atoms with Crippen molar-refractivity contribution in [1.82, 2.24) is 0 Å². The Labute approximate surface area is 95.1 Å². The van der Waals surface area contributed by atoms with Crippen molar-refractivity contribution in [2.75, 3.05) is 5.32 Å². The molecule has 0 aliphatic carbocycles. The lowest BCUT2D eigenvalue weighted by Crippen LogP contribution is -2.34. The molecule has 3 N–H and O–H groups in total. The van der Waals surface area contributed by atoms with E-state index in [4.69, 9.17) is 11.0 Å². The number of para-hydroxylation sites is 1. The second-order valence-electron chi connectivity index (χ2n) is 3.79. The first-order valence-corrected chi connectivity index (χ1v) is 5.12. The maximum absolute atomic E-state index is 11.7. The minimum absolute atomic E-state index is 0.169. The molecule has 0 heterocycles. The number of carbonyl (C=O) groups excluding carboxylic acids is 1. The van der Waals surface area contributed by atoms with Crippen molar-refractivity contribution in [3.05, 3.63) is 29.8 Å². The molecule has 0 saturated heterocycles. The molecule has 1 aromatic carbocycles. The summed E-state index contributed by atoms with van der Waals surface area (Å²) in [6.45, 7) is 3.54. The van der Waals surface area contributed by atoms with Crippen molar-refractivity contribution >= 4 is 11.6 Å². The average molecular weight is 217 g/mol. The lowest BCUT2D eigenvalue weighted by Gasteiger charge is -2.15. The third-order valence-corrected chi connectivity index (χ3v) is 2.51. The normalized spacial score (nSPS) is 13.6. The van der Waals surface area contributed by atoms with Crippen LogP contribution in [0, 0.1) is 17.2 Å². The number of nitriles is 1. The monoisotopic (exact) mass is 217 g/mol. The van der Waals surface area contributed by atoms with Crippen LogP contribution in [0.1, 0.15) is 19.4 Å². The van der Waals surface area contributed by atoms with Gasteiger partial charge in [-0.25, -0.2) is 0 Å². The van der Waals surface area contributed by atoms with E-state index < -0.39 is 0 Å². The summed E-state index contributed by atoms with van der Waals surface area (Å²) in [7, 11) is 0. The van der Waals surface area contributed by atoms with Gasteiger partial charge in [-0.1, -0.05) is 19.1 Å². The smallest absolute Gasteiger partial charge is 0.228 e. The molecule has 0 aliphatic rings. The van der Waals surface area contributed by atoms with Crippen molar-refractivity contribution in [1.29, 1.82) is 5.26 Å². The highest BCUT2D eigenvalue weighted by molar-refractivity contribution is 5.93. The number of nitrogens with two attached hydrogens (primary N) is 1. The maximum Gasteiger partial charge on any atom is 0.228 e. The number of nitrogens with zero attached hydrogens (tertiary/aromatic N) is 1. The van der Waals surface area contributed by atoms with Gasteiger partial charge in [-0.3, -0.25) is 4.79 Å². The Morgan fingerprint density at radius 1 is 1.44 bits per heavy atom. The Bertz CT molecular complexity index is 421. The second kappa shape index (κ2) is 5.29. The molecule has 0 fully saturated rings. The summed E-state index contributed by atoms with van der Waals surface area (Å²) in [5, 5.41) is 11.6. The number of carbonyl (C=O) groups is 1. The fourth-order valence-corrected chi connectivity index (χ4v) is 1.17. The average Bonchev–Trinajstić information content (AvgIpc) is 2.28.